The molecule has 12 heavy (non-hydrogen) atoms. The molecule has 0 saturated carbocycles. The molecule has 1 aliphatic heterocycles. The van der Waals surface area contributed by atoms with Gasteiger partial charge in [0, 0.05) is 5.56 Å². The summed E-state index contributed by atoms with van der Waals surface area (Å²) in [4.78, 5) is 0. The van der Waals surface area contributed by atoms with Gasteiger partial charge in [-0.05, 0) is 36.6 Å². The van der Waals surface area contributed by atoms with Crippen LogP contribution >= 0.6 is 0 Å². The molecule has 2 rings (SSSR count). The van der Waals surface area contributed by atoms with Gasteiger partial charge >= 0.3 is 0 Å². The van der Waals surface area contributed by atoms with Crippen LogP contribution in [0.15, 0.2) is 34.9 Å². The van der Waals surface area contributed by atoms with E-state index in [4.69, 9.17) is 4.42 Å². The largest absolute Gasteiger partial charge is 0.464 e. The average molecular weight is 159 g/mol. The lowest BCUT2D eigenvalue weighted by atomic mass is 10.1. The van der Waals surface area contributed by atoms with E-state index >= 15 is 0 Å². The lowest BCUT2D eigenvalue weighted by Crippen LogP contribution is -1.81. The molecule has 1 aliphatic carbocycles. The van der Waals surface area contributed by atoms with Crippen molar-refractivity contribution in [1.29, 1.82) is 0 Å². The standard InChI is InChI=1S/C11H11O/c1-2-4-9-6-7-11-10(9)5-3-8-12-11/h3,5-8H,1-2,4H2. The molecule has 0 fully saturated rings. The Labute approximate surface area is 72.4 Å². The monoisotopic (exact) mass is 159 g/mol. The van der Waals surface area contributed by atoms with Gasteiger partial charge in [0.05, 0.1) is 6.26 Å². The maximum atomic E-state index is 5.32. The summed E-state index contributed by atoms with van der Waals surface area (Å²) in [6.07, 6.45) is 3.67. The molecule has 0 amide bonds. The molecule has 1 heterocycles. The maximum Gasteiger partial charge on any atom is 0.134 e. The van der Waals surface area contributed by atoms with Gasteiger partial charge in [-0.15, -0.1) is 0 Å². The second kappa shape index (κ2) is 3.02. The molecular formula is C11H11O. The summed E-state index contributed by atoms with van der Waals surface area (Å²) in [5, 5.41) is 0. The Morgan fingerprint density at radius 1 is 1.25 bits per heavy atom. The fourth-order valence-electron chi connectivity index (χ4n) is 1.46. The first kappa shape index (κ1) is 7.41. The molecule has 0 spiro atoms. The minimum atomic E-state index is 0.938. The molecule has 0 aromatic heterocycles. The van der Waals surface area contributed by atoms with Crippen LogP contribution in [0.5, 0.6) is 0 Å². The highest BCUT2D eigenvalue weighted by Gasteiger charge is 2.08. The highest BCUT2D eigenvalue weighted by atomic mass is 16.3. The van der Waals surface area contributed by atoms with Crippen LogP contribution in [0.2, 0.25) is 0 Å². The third-order valence-electron chi connectivity index (χ3n) is 2.03. The molecule has 0 unspecified atom stereocenters. The summed E-state index contributed by atoms with van der Waals surface area (Å²) in [6, 6.07) is 8.14. The van der Waals surface area contributed by atoms with Crippen molar-refractivity contribution in [3.05, 3.63) is 43.0 Å². The second-order valence-electron chi connectivity index (χ2n) is 2.85. The van der Waals surface area contributed by atoms with Gasteiger partial charge in [0.15, 0.2) is 0 Å². The van der Waals surface area contributed by atoms with Crippen molar-refractivity contribution in [1.82, 2.24) is 0 Å². The van der Waals surface area contributed by atoms with Crippen molar-refractivity contribution in [3.8, 4) is 11.3 Å². The zero-order valence-corrected chi connectivity index (χ0v) is 6.92. The van der Waals surface area contributed by atoms with Crippen molar-refractivity contribution in [2.75, 3.05) is 0 Å². The quantitative estimate of drug-likeness (QED) is 0.656. The summed E-state index contributed by atoms with van der Waals surface area (Å²) in [5.41, 5.74) is 2.56. The van der Waals surface area contributed by atoms with E-state index in [0.29, 0.717) is 0 Å². The van der Waals surface area contributed by atoms with Crippen molar-refractivity contribution in [2.45, 2.75) is 12.8 Å². The van der Waals surface area contributed by atoms with Gasteiger partial charge in [-0.3, -0.25) is 0 Å². The van der Waals surface area contributed by atoms with Crippen molar-refractivity contribution in [3.63, 3.8) is 0 Å². The van der Waals surface area contributed by atoms with Gasteiger partial charge in [-0.1, -0.05) is 13.0 Å². The summed E-state index contributed by atoms with van der Waals surface area (Å²) >= 11 is 0. The molecule has 1 nitrogen and oxygen atoms in total. The average Bonchev–Trinajstić information content (AvgIpc) is 2.50. The first-order valence-corrected chi connectivity index (χ1v) is 4.16. The van der Waals surface area contributed by atoms with Crippen LogP contribution in [0.4, 0.5) is 0 Å². The zero-order valence-electron chi connectivity index (χ0n) is 6.92. The Hall–Kier alpha value is -1.24. The van der Waals surface area contributed by atoms with Gasteiger partial charge in [-0.25, -0.2) is 0 Å². The van der Waals surface area contributed by atoms with Gasteiger partial charge in [0.2, 0.25) is 0 Å². The lowest BCUT2D eigenvalue weighted by Gasteiger charge is -2.00. The Morgan fingerprint density at radius 2 is 2.17 bits per heavy atom. The summed E-state index contributed by atoms with van der Waals surface area (Å²) in [5.74, 6) is 0.973. The Morgan fingerprint density at radius 3 is 3.00 bits per heavy atom. The van der Waals surface area contributed by atoms with Crippen molar-refractivity contribution >= 4 is 0 Å². The van der Waals surface area contributed by atoms with E-state index in [9.17, 15) is 0 Å². The zero-order chi connectivity index (χ0) is 8.39. The van der Waals surface area contributed by atoms with Crippen LogP contribution in [-0.2, 0) is 6.42 Å². The van der Waals surface area contributed by atoms with Gasteiger partial charge < -0.3 is 4.42 Å². The smallest absolute Gasteiger partial charge is 0.134 e. The van der Waals surface area contributed by atoms with E-state index in [2.05, 4.69) is 19.1 Å². The van der Waals surface area contributed by atoms with Crippen LogP contribution < -0.4 is 0 Å². The minimum Gasteiger partial charge on any atom is -0.464 e. The number of fused-ring (bicyclic) bond motifs is 1. The maximum absolute atomic E-state index is 5.32. The summed E-state index contributed by atoms with van der Waals surface area (Å²) in [6.45, 7) is 3.84. The molecule has 0 aromatic carbocycles. The molecule has 0 bridgehead atoms. The van der Waals surface area contributed by atoms with Crippen molar-refractivity contribution < 1.29 is 4.42 Å². The molecule has 0 saturated heterocycles. The van der Waals surface area contributed by atoms with Crippen LogP contribution in [0.3, 0.4) is 0 Å². The molecule has 61 valence electrons. The predicted octanol–water partition coefficient (Wildman–Crippen LogP) is 3.15. The Kier molecular flexibility index (Phi) is 1.86. The highest BCUT2D eigenvalue weighted by Crippen LogP contribution is 2.28. The van der Waals surface area contributed by atoms with Crippen LogP contribution in [0.1, 0.15) is 12.0 Å². The number of aryl methyl sites for hydroxylation is 1. The van der Waals surface area contributed by atoms with E-state index in [1.165, 1.54) is 11.1 Å². The van der Waals surface area contributed by atoms with Crippen molar-refractivity contribution in [2.24, 2.45) is 0 Å². The van der Waals surface area contributed by atoms with E-state index in [1.807, 2.05) is 12.1 Å². The second-order valence-corrected chi connectivity index (χ2v) is 2.85. The van der Waals surface area contributed by atoms with E-state index in [0.717, 1.165) is 18.6 Å². The summed E-state index contributed by atoms with van der Waals surface area (Å²) < 4.78 is 5.32. The number of hydrogen-bond donors (Lipinski definition) is 0. The fourth-order valence-corrected chi connectivity index (χ4v) is 1.46. The molecule has 1 heteroatoms. The van der Waals surface area contributed by atoms with Crippen LogP contribution in [0.25, 0.3) is 11.3 Å². The van der Waals surface area contributed by atoms with Crippen LogP contribution in [0, 0.1) is 6.92 Å². The predicted molar refractivity (Wildman–Crippen MR) is 49.0 cm³/mol. The first-order chi connectivity index (χ1) is 5.92. The Balaban J connectivity index is 2.45. The molecule has 2 aliphatic rings. The lowest BCUT2D eigenvalue weighted by molar-refractivity contribution is 0.566. The molecule has 1 radical (unpaired) electrons. The Bertz CT molecular complexity index is 335. The number of hydrogen-bond acceptors (Lipinski definition) is 1. The normalized spacial score (nSPS) is 10.8. The topological polar surface area (TPSA) is 13.1 Å². The van der Waals surface area contributed by atoms with Gasteiger partial charge in [0.1, 0.15) is 5.76 Å². The third kappa shape index (κ3) is 1.11. The number of rotatable bonds is 2. The summed E-state index contributed by atoms with van der Waals surface area (Å²) in [7, 11) is 0. The SMILES string of the molecule is [CH2]CCc1ccc2occcc1-2. The fraction of sp³-hybridized carbons (Fsp3) is 0.182. The van der Waals surface area contributed by atoms with E-state index in [-0.39, 0.29) is 0 Å². The van der Waals surface area contributed by atoms with Crippen LogP contribution in [-0.4, -0.2) is 0 Å². The first-order valence-electron chi connectivity index (χ1n) is 4.16. The van der Waals surface area contributed by atoms with Gasteiger partial charge in [0.25, 0.3) is 0 Å². The molecule has 0 N–H and O–H groups in total. The third-order valence-corrected chi connectivity index (χ3v) is 2.03. The van der Waals surface area contributed by atoms with E-state index < -0.39 is 0 Å². The molecule has 0 aromatic rings. The minimum absolute atomic E-state index is 0.938. The highest BCUT2D eigenvalue weighted by molar-refractivity contribution is 5.65. The molecular weight excluding hydrogens is 148 g/mol. The van der Waals surface area contributed by atoms with E-state index in [1.54, 1.807) is 6.26 Å². The van der Waals surface area contributed by atoms with Gasteiger partial charge in [-0.2, -0.15) is 0 Å². The molecule has 0 atom stereocenters.